The SMILES string of the molecule is COc1ccc2c(c1)C(c1ccc(C(F)(F)F)cc1)=NNC(c1ccc(F)cc1)=N2. The molecular formula is C22H15F4N3O. The van der Waals surface area contributed by atoms with Gasteiger partial charge in [0.1, 0.15) is 17.3 Å². The molecule has 0 spiro atoms. The van der Waals surface area contributed by atoms with E-state index in [1.165, 1.54) is 31.4 Å². The van der Waals surface area contributed by atoms with Crippen molar-refractivity contribution in [2.45, 2.75) is 6.18 Å². The summed E-state index contributed by atoms with van der Waals surface area (Å²) in [5.74, 6) is 0.546. The van der Waals surface area contributed by atoms with Gasteiger partial charge in [0.2, 0.25) is 0 Å². The molecule has 0 bridgehead atoms. The van der Waals surface area contributed by atoms with Crippen LogP contribution < -0.4 is 10.2 Å². The van der Waals surface area contributed by atoms with Gasteiger partial charge < -0.3 is 4.74 Å². The molecule has 8 heteroatoms. The number of nitrogens with zero attached hydrogens (tertiary/aromatic N) is 2. The number of aliphatic imine (C=N–C) groups is 1. The Morgan fingerprint density at radius 2 is 1.53 bits per heavy atom. The molecule has 0 amide bonds. The Labute approximate surface area is 169 Å². The Balaban J connectivity index is 1.82. The zero-order valence-corrected chi connectivity index (χ0v) is 15.7. The summed E-state index contributed by atoms with van der Waals surface area (Å²) in [7, 11) is 1.51. The predicted octanol–water partition coefficient (Wildman–Crippen LogP) is 5.29. The Kier molecular flexibility index (Phi) is 4.99. The van der Waals surface area contributed by atoms with Crippen molar-refractivity contribution in [1.82, 2.24) is 5.43 Å². The number of methoxy groups -OCH3 is 1. The van der Waals surface area contributed by atoms with Crippen molar-refractivity contribution in [2.75, 3.05) is 7.11 Å². The number of hydrazone groups is 1. The molecule has 0 atom stereocenters. The van der Waals surface area contributed by atoms with Gasteiger partial charge in [0.15, 0.2) is 5.84 Å². The third-order valence-corrected chi connectivity index (χ3v) is 4.57. The van der Waals surface area contributed by atoms with E-state index in [9.17, 15) is 17.6 Å². The lowest BCUT2D eigenvalue weighted by Crippen LogP contribution is -2.19. The van der Waals surface area contributed by atoms with Gasteiger partial charge in [0.25, 0.3) is 0 Å². The van der Waals surface area contributed by atoms with Crippen molar-refractivity contribution in [3.05, 3.63) is 94.8 Å². The minimum atomic E-state index is -4.43. The van der Waals surface area contributed by atoms with E-state index < -0.39 is 11.7 Å². The van der Waals surface area contributed by atoms with Gasteiger partial charge in [0, 0.05) is 16.7 Å². The molecule has 3 aromatic rings. The summed E-state index contributed by atoms with van der Waals surface area (Å²) in [5, 5.41) is 4.39. The summed E-state index contributed by atoms with van der Waals surface area (Å²) in [4.78, 5) is 4.58. The fourth-order valence-electron chi connectivity index (χ4n) is 3.02. The zero-order valence-electron chi connectivity index (χ0n) is 15.7. The molecule has 4 nitrogen and oxygen atoms in total. The van der Waals surface area contributed by atoms with Gasteiger partial charge in [-0.2, -0.15) is 18.3 Å². The van der Waals surface area contributed by atoms with Crippen LogP contribution in [0.1, 0.15) is 22.3 Å². The molecule has 0 fully saturated rings. The van der Waals surface area contributed by atoms with Crippen molar-refractivity contribution >= 4 is 17.2 Å². The summed E-state index contributed by atoms with van der Waals surface area (Å²) < 4.78 is 57.3. The molecule has 152 valence electrons. The number of fused-ring (bicyclic) bond motifs is 1. The van der Waals surface area contributed by atoms with Gasteiger partial charge in [-0.05, 0) is 54.6 Å². The van der Waals surface area contributed by atoms with E-state index in [2.05, 4.69) is 15.5 Å². The number of rotatable bonds is 3. The topological polar surface area (TPSA) is 46.0 Å². The first-order valence-electron chi connectivity index (χ1n) is 8.89. The molecule has 1 aliphatic rings. The quantitative estimate of drug-likeness (QED) is 0.594. The lowest BCUT2D eigenvalue weighted by atomic mass is 9.99. The van der Waals surface area contributed by atoms with Crippen molar-refractivity contribution < 1.29 is 22.3 Å². The Morgan fingerprint density at radius 1 is 0.867 bits per heavy atom. The van der Waals surface area contributed by atoms with Crippen LogP contribution in [0.2, 0.25) is 0 Å². The molecule has 30 heavy (non-hydrogen) atoms. The number of amidine groups is 1. The maximum Gasteiger partial charge on any atom is 0.416 e. The van der Waals surface area contributed by atoms with E-state index in [0.717, 1.165) is 12.1 Å². The van der Waals surface area contributed by atoms with E-state index in [1.807, 2.05) is 0 Å². The van der Waals surface area contributed by atoms with E-state index >= 15 is 0 Å². The number of hydrogen-bond donors (Lipinski definition) is 1. The second-order valence-electron chi connectivity index (χ2n) is 6.50. The van der Waals surface area contributed by atoms with E-state index in [-0.39, 0.29) is 5.82 Å². The first kappa shape index (κ1) is 19.6. The van der Waals surface area contributed by atoms with Gasteiger partial charge in [-0.25, -0.2) is 9.38 Å². The maximum atomic E-state index is 13.3. The molecular weight excluding hydrogens is 398 g/mol. The second kappa shape index (κ2) is 7.62. The van der Waals surface area contributed by atoms with Gasteiger partial charge in [-0.1, -0.05) is 12.1 Å². The first-order valence-corrected chi connectivity index (χ1v) is 8.89. The average Bonchev–Trinajstić information content (AvgIpc) is 2.93. The van der Waals surface area contributed by atoms with Crippen LogP contribution in [0.4, 0.5) is 23.2 Å². The Bertz CT molecular complexity index is 1130. The summed E-state index contributed by atoms with van der Waals surface area (Å²) >= 11 is 0. The van der Waals surface area contributed by atoms with Crippen LogP contribution >= 0.6 is 0 Å². The number of benzene rings is 3. The highest BCUT2D eigenvalue weighted by molar-refractivity contribution is 6.18. The number of hydrogen-bond acceptors (Lipinski definition) is 4. The molecule has 0 radical (unpaired) electrons. The normalized spacial score (nSPS) is 13.5. The number of alkyl halides is 3. The Morgan fingerprint density at radius 3 is 2.17 bits per heavy atom. The van der Waals surface area contributed by atoms with E-state index in [1.54, 1.807) is 30.3 Å². The van der Waals surface area contributed by atoms with Crippen LogP contribution in [-0.4, -0.2) is 18.7 Å². The fourth-order valence-corrected chi connectivity index (χ4v) is 3.02. The molecule has 1 aliphatic heterocycles. The summed E-state index contributed by atoms with van der Waals surface area (Å²) in [5.41, 5.74) is 4.70. The van der Waals surface area contributed by atoms with E-state index in [0.29, 0.717) is 39.7 Å². The highest BCUT2D eigenvalue weighted by Crippen LogP contribution is 2.32. The van der Waals surface area contributed by atoms with Crippen molar-refractivity contribution in [3.63, 3.8) is 0 Å². The number of ether oxygens (including phenoxy) is 1. The number of halogens is 4. The largest absolute Gasteiger partial charge is 0.497 e. The van der Waals surface area contributed by atoms with Crippen LogP contribution in [0, 0.1) is 5.82 Å². The smallest absolute Gasteiger partial charge is 0.416 e. The molecule has 0 unspecified atom stereocenters. The van der Waals surface area contributed by atoms with Gasteiger partial charge in [0.05, 0.1) is 18.4 Å². The van der Waals surface area contributed by atoms with Crippen molar-refractivity contribution in [3.8, 4) is 5.75 Å². The van der Waals surface area contributed by atoms with Crippen molar-refractivity contribution in [1.29, 1.82) is 0 Å². The van der Waals surface area contributed by atoms with Crippen LogP contribution in [-0.2, 0) is 6.18 Å². The molecule has 0 saturated heterocycles. The zero-order chi connectivity index (χ0) is 21.3. The van der Waals surface area contributed by atoms with E-state index in [4.69, 9.17) is 4.74 Å². The minimum absolute atomic E-state index is 0.378. The second-order valence-corrected chi connectivity index (χ2v) is 6.50. The van der Waals surface area contributed by atoms with Crippen LogP contribution in [0.5, 0.6) is 5.75 Å². The highest BCUT2D eigenvalue weighted by Gasteiger charge is 2.30. The monoisotopic (exact) mass is 413 g/mol. The van der Waals surface area contributed by atoms with Gasteiger partial charge in [-0.3, -0.25) is 5.43 Å². The summed E-state index contributed by atoms with van der Waals surface area (Å²) in [6, 6.07) is 15.6. The minimum Gasteiger partial charge on any atom is -0.497 e. The maximum absolute atomic E-state index is 13.3. The molecule has 0 saturated carbocycles. The lowest BCUT2D eigenvalue weighted by Gasteiger charge is -2.11. The molecule has 1 N–H and O–H groups in total. The van der Waals surface area contributed by atoms with Crippen LogP contribution in [0.15, 0.2) is 76.8 Å². The standard InChI is InChI=1S/C22H15F4N3O/c1-30-17-10-11-19-18(12-17)20(13-2-6-15(7-3-13)22(24,25)26)28-29-21(27-19)14-4-8-16(23)9-5-14/h2-12H,1H3,(H,27,29). The molecule has 3 aromatic carbocycles. The summed E-state index contributed by atoms with van der Waals surface area (Å²) in [6.45, 7) is 0. The highest BCUT2D eigenvalue weighted by atomic mass is 19.4. The number of nitrogens with one attached hydrogen (secondary N) is 1. The van der Waals surface area contributed by atoms with Crippen molar-refractivity contribution in [2.24, 2.45) is 10.1 Å². The molecule has 0 aliphatic carbocycles. The molecule has 0 aromatic heterocycles. The van der Waals surface area contributed by atoms with Crippen LogP contribution in [0.3, 0.4) is 0 Å². The average molecular weight is 413 g/mol. The fraction of sp³-hybridized carbons (Fsp3) is 0.0909. The predicted molar refractivity (Wildman–Crippen MR) is 106 cm³/mol. The summed E-state index contributed by atoms with van der Waals surface area (Å²) in [6.07, 6.45) is -4.43. The Hall–Kier alpha value is -3.68. The van der Waals surface area contributed by atoms with Gasteiger partial charge in [-0.15, -0.1) is 0 Å². The van der Waals surface area contributed by atoms with Crippen LogP contribution in [0.25, 0.3) is 0 Å². The third kappa shape index (κ3) is 3.89. The van der Waals surface area contributed by atoms with Gasteiger partial charge >= 0.3 is 6.18 Å². The third-order valence-electron chi connectivity index (χ3n) is 4.57. The lowest BCUT2D eigenvalue weighted by molar-refractivity contribution is -0.137. The molecule has 4 rings (SSSR count). The molecule has 1 heterocycles. The first-order chi connectivity index (χ1) is 14.3.